The Bertz CT molecular complexity index is 488. The number of nitrogens with zero attached hydrogens (tertiary/aromatic N) is 2. The van der Waals surface area contributed by atoms with Crippen molar-refractivity contribution in [2.24, 2.45) is 0 Å². The zero-order valence-electron chi connectivity index (χ0n) is 7.43. The molecule has 0 atom stereocenters. The molecule has 2 heterocycles. The van der Waals surface area contributed by atoms with Crippen LogP contribution < -0.4 is 4.74 Å². The summed E-state index contributed by atoms with van der Waals surface area (Å²) in [6, 6.07) is 0. The first-order valence-corrected chi connectivity index (χ1v) is 4.87. The molecule has 0 fully saturated rings. The topological polar surface area (TPSA) is 50.8 Å². The van der Waals surface area contributed by atoms with Crippen LogP contribution in [0.2, 0.25) is 10.4 Å². The van der Waals surface area contributed by atoms with E-state index in [0.717, 1.165) is 0 Å². The van der Waals surface area contributed by atoms with Gasteiger partial charge in [0, 0.05) is 6.20 Å². The van der Waals surface area contributed by atoms with Crippen molar-refractivity contribution < 1.29 is 9.13 Å². The Labute approximate surface area is 94.4 Å². The average Bonchev–Trinajstić information content (AvgIpc) is 2.58. The Kier molecular flexibility index (Phi) is 2.93. The third-order valence-corrected chi connectivity index (χ3v) is 2.20. The molecule has 0 amide bonds. The molecule has 0 aromatic carbocycles. The zero-order chi connectivity index (χ0) is 10.8. The smallest absolute Gasteiger partial charge is 0.225 e. The number of aromatic nitrogens is 3. The summed E-state index contributed by atoms with van der Waals surface area (Å²) in [5, 5.41) is 0.737. The molecule has 2 aromatic rings. The van der Waals surface area contributed by atoms with Gasteiger partial charge in [0.2, 0.25) is 5.28 Å². The Morgan fingerprint density at radius 2 is 2.20 bits per heavy atom. The Hall–Kier alpha value is -1.07. The van der Waals surface area contributed by atoms with Crippen LogP contribution in [0.1, 0.15) is 0 Å². The number of halogens is 3. The highest BCUT2D eigenvalue weighted by Gasteiger charge is 2.12. The summed E-state index contributed by atoms with van der Waals surface area (Å²) < 4.78 is 17.0. The molecule has 1 N–H and O–H groups in total. The molecule has 0 unspecified atom stereocenters. The summed E-state index contributed by atoms with van der Waals surface area (Å²) in [5.41, 5.74) is 0.467. The second-order valence-corrected chi connectivity index (χ2v) is 3.39. The van der Waals surface area contributed by atoms with Gasteiger partial charge in [0.15, 0.2) is 0 Å². The van der Waals surface area contributed by atoms with E-state index in [0.29, 0.717) is 16.8 Å². The molecule has 0 radical (unpaired) electrons. The van der Waals surface area contributed by atoms with E-state index in [-0.39, 0.29) is 17.0 Å². The van der Waals surface area contributed by atoms with Crippen LogP contribution in [0.5, 0.6) is 5.75 Å². The predicted molar refractivity (Wildman–Crippen MR) is 55.4 cm³/mol. The van der Waals surface area contributed by atoms with Crippen molar-refractivity contribution in [3.8, 4) is 5.75 Å². The minimum atomic E-state index is -0.571. The van der Waals surface area contributed by atoms with Crippen molar-refractivity contribution in [2.45, 2.75) is 0 Å². The molecule has 4 nitrogen and oxygen atoms in total. The quantitative estimate of drug-likeness (QED) is 0.672. The summed E-state index contributed by atoms with van der Waals surface area (Å²) in [6.45, 7) is -0.607. The Morgan fingerprint density at radius 3 is 2.93 bits per heavy atom. The van der Waals surface area contributed by atoms with Crippen LogP contribution >= 0.6 is 23.2 Å². The van der Waals surface area contributed by atoms with E-state index >= 15 is 0 Å². The minimum Gasteiger partial charge on any atom is -0.488 e. The molecule has 0 spiro atoms. The SMILES string of the molecule is FCCOc1c[nH]c2nc(Cl)nc(Cl)c12. The first-order chi connectivity index (χ1) is 7.22. The molecule has 80 valence electrons. The fourth-order valence-electron chi connectivity index (χ4n) is 1.20. The van der Waals surface area contributed by atoms with Crippen LogP contribution in [-0.4, -0.2) is 28.2 Å². The van der Waals surface area contributed by atoms with E-state index in [1.165, 1.54) is 6.20 Å². The lowest BCUT2D eigenvalue weighted by molar-refractivity contribution is 0.276. The highest BCUT2D eigenvalue weighted by Crippen LogP contribution is 2.30. The molecule has 15 heavy (non-hydrogen) atoms. The number of aromatic amines is 1. The van der Waals surface area contributed by atoms with E-state index in [4.69, 9.17) is 27.9 Å². The predicted octanol–water partition coefficient (Wildman–Crippen LogP) is 2.61. The van der Waals surface area contributed by atoms with Gasteiger partial charge < -0.3 is 9.72 Å². The van der Waals surface area contributed by atoms with E-state index in [2.05, 4.69) is 15.0 Å². The van der Waals surface area contributed by atoms with E-state index in [9.17, 15) is 4.39 Å². The molecule has 0 bridgehead atoms. The standard InChI is InChI=1S/C8H6Cl2FN3O/c9-6-5-4(15-2-1-11)3-12-7(5)14-8(10)13-6/h3H,1-2H2,(H,12,13,14). The van der Waals surface area contributed by atoms with Crippen LogP contribution in [0.25, 0.3) is 11.0 Å². The lowest BCUT2D eigenvalue weighted by atomic mass is 10.4. The van der Waals surface area contributed by atoms with Crippen molar-refractivity contribution in [2.75, 3.05) is 13.3 Å². The van der Waals surface area contributed by atoms with E-state index in [1.807, 2.05) is 0 Å². The summed E-state index contributed by atoms with van der Waals surface area (Å²) in [5.74, 6) is 0.421. The molecular formula is C8H6Cl2FN3O. The highest BCUT2D eigenvalue weighted by molar-refractivity contribution is 6.36. The highest BCUT2D eigenvalue weighted by atomic mass is 35.5. The number of H-pyrrole nitrogens is 1. The fraction of sp³-hybridized carbons (Fsp3) is 0.250. The van der Waals surface area contributed by atoms with Crippen molar-refractivity contribution in [3.63, 3.8) is 0 Å². The van der Waals surface area contributed by atoms with Crippen LogP contribution in [-0.2, 0) is 0 Å². The molecule has 2 rings (SSSR count). The number of rotatable bonds is 3. The maximum atomic E-state index is 11.9. The van der Waals surface area contributed by atoms with Gasteiger partial charge in [-0.05, 0) is 11.6 Å². The third kappa shape index (κ3) is 1.98. The number of hydrogen-bond donors (Lipinski definition) is 1. The number of hydrogen-bond acceptors (Lipinski definition) is 3. The number of ether oxygens (including phenoxy) is 1. The number of fused-ring (bicyclic) bond motifs is 1. The lowest BCUT2D eigenvalue weighted by Gasteiger charge is -2.01. The molecule has 2 aromatic heterocycles. The number of alkyl halides is 1. The van der Waals surface area contributed by atoms with Gasteiger partial charge in [-0.3, -0.25) is 0 Å². The van der Waals surface area contributed by atoms with Gasteiger partial charge >= 0.3 is 0 Å². The average molecular weight is 250 g/mol. The number of nitrogens with one attached hydrogen (secondary N) is 1. The van der Waals surface area contributed by atoms with Gasteiger partial charge in [0.25, 0.3) is 0 Å². The van der Waals surface area contributed by atoms with Crippen molar-refractivity contribution in [1.29, 1.82) is 0 Å². The second kappa shape index (κ2) is 4.20. The molecule has 0 aliphatic carbocycles. The van der Waals surface area contributed by atoms with Crippen LogP contribution in [0, 0.1) is 0 Å². The molecule has 7 heteroatoms. The first-order valence-electron chi connectivity index (χ1n) is 4.11. The maximum absolute atomic E-state index is 11.9. The van der Waals surface area contributed by atoms with Crippen molar-refractivity contribution in [3.05, 3.63) is 16.6 Å². The van der Waals surface area contributed by atoms with Crippen LogP contribution in [0.15, 0.2) is 6.20 Å². The van der Waals surface area contributed by atoms with Crippen molar-refractivity contribution >= 4 is 34.2 Å². The van der Waals surface area contributed by atoms with Gasteiger partial charge in [-0.1, -0.05) is 11.6 Å². The Balaban J connectivity index is 2.49. The summed E-state index contributed by atoms with van der Waals surface area (Å²) in [7, 11) is 0. The fourth-order valence-corrected chi connectivity index (χ4v) is 1.67. The largest absolute Gasteiger partial charge is 0.488 e. The van der Waals surface area contributed by atoms with E-state index in [1.54, 1.807) is 0 Å². The summed E-state index contributed by atoms with van der Waals surface area (Å²) in [4.78, 5) is 10.5. The molecule has 0 aliphatic rings. The third-order valence-electron chi connectivity index (χ3n) is 1.76. The van der Waals surface area contributed by atoms with Gasteiger partial charge in [-0.15, -0.1) is 0 Å². The van der Waals surface area contributed by atoms with Gasteiger partial charge in [0.1, 0.15) is 29.8 Å². The van der Waals surface area contributed by atoms with Crippen LogP contribution in [0.3, 0.4) is 0 Å². The first kappa shape index (κ1) is 10.4. The van der Waals surface area contributed by atoms with E-state index < -0.39 is 6.67 Å². The van der Waals surface area contributed by atoms with Gasteiger partial charge in [-0.25, -0.2) is 9.37 Å². The van der Waals surface area contributed by atoms with Crippen LogP contribution in [0.4, 0.5) is 4.39 Å². The molecule has 0 saturated carbocycles. The second-order valence-electron chi connectivity index (χ2n) is 2.70. The Morgan fingerprint density at radius 1 is 1.40 bits per heavy atom. The van der Waals surface area contributed by atoms with Crippen molar-refractivity contribution in [1.82, 2.24) is 15.0 Å². The molecule has 0 saturated heterocycles. The minimum absolute atomic E-state index is 0.0358. The summed E-state index contributed by atoms with van der Waals surface area (Å²) in [6.07, 6.45) is 1.54. The zero-order valence-corrected chi connectivity index (χ0v) is 8.94. The normalized spacial score (nSPS) is 10.9. The molecular weight excluding hydrogens is 244 g/mol. The van der Waals surface area contributed by atoms with Gasteiger partial charge in [-0.2, -0.15) is 4.98 Å². The maximum Gasteiger partial charge on any atom is 0.225 e. The summed E-state index contributed by atoms with van der Waals surface area (Å²) >= 11 is 11.5. The molecule has 0 aliphatic heterocycles. The monoisotopic (exact) mass is 249 g/mol. The van der Waals surface area contributed by atoms with Gasteiger partial charge in [0.05, 0.1) is 5.39 Å². The lowest BCUT2D eigenvalue weighted by Crippen LogP contribution is -1.98.